The summed E-state index contributed by atoms with van der Waals surface area (Å²) in [4.78, 5) is 26.3. The van der Waals surface area contributed by atoms with Gasteiger partial charge in [0.05, 0.1) is 53.7 Å². The number of nitrogens with two attached hydrogens (primary N) is 2. The van der Waals surface area contributed by atoms with Crippen LogP contribution in [0.25, 0.3) is 11.4 Å². The van der Waals surface area contributed by atoms with Crippen LogP contribution in [0.4, 0.5) is 21.9 Å². The Bertz CT molecular complexity index is 2320. The van der Waals surface area contributed by atoms with Crippen molar-refractivity contribution in [3.05, 3.63) is 137 Å². The molecule has 0 aliphatic heterocycles. The number of ether oxygens (including phenoxy) is 2. The number of anilines is 3. The minimum Gasteiger partial charge on any atom is -0.492 e. The lowest BCUT2D eigenvalue weighted by atomic mass is 9.86. The van der Waals surface area contributed by atoms with E-state index < -0.39 is 22.0 Å². The van der Waals surface area contributed by atoms with Gasteiger partial charge in [0, 0.05) is 30.3 Å². The van der Waals surface area contributed by atoms with Crippen molar-refractivity contribution in [3.63, 3.8) is 0 Å². The van der Waals surface area contributed by atoms with E-state index in [1.807, 2.05) is 88.4 Å². The summed E-state index contributed by atoms with van der Waals surface area (Å²) < 4.78 is 39.6. The summed E-state index contributed by atoms with van der Waals surface area (Å²) in [6, 6.07) is 27.4. The number of nitrogens with zero attached hydrogens (tertiary/aromatic N) is 3. The minimum atomic E-state index is -3.66. The molecule has 0 fully saturated rings. The van der Waals surface area contributed by atoms with Gasteiger partial charge in [0.15, 0.2) is 5.75 Å². The number of amides is 2. The number of hydrazine groups is 1. The van der Waals surface area contributed by atoms with E-state index in [4.69, 9.17) is 21.1 Å². The van der Waals surface area contributed by atoms with Gasteiger partial charge in [-0.3, -0.25) is 14.5 Å². The van der Waals surface area contributed by atoms with Crippen LogP contribution in [0, 0.1) is 6.92 Å². The van der Waals surface area contributed by atoms with E-state index in [1.54, 1.807) is 47.4 Å². The van der Waals surface area contributed by atoms with E-state index in [0.29, 0.717) is 23.4 Å². The van der Waals surface area contributed by atoms with Crippen LogP contribution in [-0.2, 0) is 33.2 Å². The van der Waals surface area contributed by atoms with E-state index in [0.717, 1.165) is 34.3 Å². The summed E-state index contributed by atoms with van der Waals surface area (Å²) in [5.74, 6) is 6.28. The standard InChI is InChI=1S/C41H48N8O6S/c1-27-17-18-29(39(50)46-34-22-30(41(2,3)4)23-35(38(34)54-5)47-56(6,52)53)21-37(27)48(43)25-33(42)32-24-45-49(31-15-11-8-12-16-31)36(32)19-20-44-40(51)55-26-28-13-9-7-10-14-28/h7-18,21-25,47H,19-20,26,42-43H2,1-6H3,(H,44,51)(H,46,50)/b33-25-. The van der Waals surface area contributed by atoms with Crippen LogP contribution in [0.3, 0.4) is 0 Å². The minimum absolute atomic E-state index is 0.145. The molecule has 1 aromatic heterocycles. The van der Waals surface area contributed by atoms with Gasteiger partial charge in [-0.25, -0.2) is 23.7 Å². The SMILES string of the molecule is COc1c(NC(=O)c2ccc(C)c(N(N)/C=C(\N)c3cnn(-c4ccccc4)c3CCNC(=O)OCc3ccccc3)c2)cc(C(C)(C)C)cc1NS(C)(=O)=O. The lowest BCUT2D eigenvalue weighted by Gasteiger charge is -2.24. The summed E-state index contributed by atoms with van der Waals surface area (Å²) in [6.45, 7) is 8.16. The second kappa shape index (κ2) is 17.4. The van der Waals surface area contributed by atoms with E-state index in [2.05, 4.69) is 20.5 Å². The second-order valence-corrected chi connectivity index (χ2v) is 15.9. The third-order valence-corrected chi connectivity index (χ3v) is 9.35. The molecule has 1 heterocycles. The molecule has 14 nitrogen and oxygen atoms in total. The number of hydrogen-bond donors (Lipinski definition) is 5. The fraction of sp³-hybridized carbons (Fsp3) is 0.244. The van der Waals surface area contributed by atoms with E-state index in [9.17, 15) is 18.0 Å². The molecule has 0 bridgehead atoms. The van der Waals surface area contributed by atoms with Crippen molar-refractivity contribution in [1.82, 2.24) is 15.1 Å². The number of benzene rings is 4. The zero-order valence-electron chi connectivity index (χ0n) is 32.3. The highest BCUT2D eigenvalue weighted by Crippen LogP contribution is 2.39. The molecule has 4 aromatic carbocycles. The molecule has 0 saturated carbocycles. The number of aromatic nitrogens is 2. The zero-order valence-corrected chi connectivity index (χ0v) is 33.1. The first-order valence-electron chi connectivity index (χ1n) is 17.7. The normalized spacial score (nSPS) is 11.8. The van der Waals surface area contributed by atoms with Crippen molar-refractivity contribution < 1.29 is 27.5 Å². The Morgan fingerprint density at radius 1 is 0.964 bits per heavy atom. The fourth-order valence-electron chi connectivity index (χ4n) is 5.87. The Labute approximate surface area is 327 Å². The van der Waals surface area contributed by atoms with Gasteiger partial charge in [-0.15, -0.1) is 0 Å². The molecule has 0 radical (unpaired) electrons. The van der Waals surface area contributed by atoms with Gasteiger partial charge in [0.25, 0.3) is 5.91 Å². The Balaban J connectivity index is 1.39. The number of rotatable bonds is 14. The molecule has 0 saturated heterocycles. The predicted octanol–water partition coefficient (Wildman–Crippen LogP) is 6.22. The summed E-state index contributed by atoms with van der Waals surface area (Å²) in [6.07, 6.45) is 4.03. The molecule has 0 unspecified atom stereocenters. The van der Waals surface area contributed by atoms with Gasteiger partial charge in [-0.1, -0.05) is 75.4 Å². The lowest BCUT2D eigenvalue weighted by Crippen LogP contribution is -2.28. The summed E-state index contributed by atoms with van der Waals surface area (Å²) in [5, 5.41) is 11.6. The number of methoxy groups -OCH3 is 1. The van der Waals surface area contributed by atoms with Crippen LogP contribution in [0.2, 0.25) is 0 Å². The number of carbonyl (C=O) groups excluding carboxylic acids is 2. The molecule has 56 heavy (non-hydrogen) atoms. The molecule has 5 aromatic rings. The molecule has 0 atom stereocenters. The third kappa shape index (κ3) is 10.5. The van der Waals surface area contributed by atoms with Gasteiger partial charge >= 0.3 is 6.09 Å². The Kier molecular flexibility index (Phi) is 12.7. The van der Waals surface area contributed by atoms with Gasteiger partial charge < -0.3 is 25.8 Å². The molecular weight excluding hydrogens is 733 g/mol. The van der Waals surface area contributed by atoms with Crippen molar-refractivity contribution in [3.8, 4) is 11.4 Å². The number of aryl methyl sites for hydroxylation is 1. The van der Waals surface area contributed by atoms with Crippen LogP contribution in [0.1, 0.15) is 59.1 Å². The second-order valence-electron chi connectivity index (χ2n) is 14.2. The molecular formula is C41H48N8O6S. The number of nitrogens with one attached hydrogen (secondary N) is 3. The lowest BCUT2D eigenvalue weighted by molar-refractivity contribution is 0.102. The van der Waals surface area contributed by atoms with Crippen molar-refractivity contribution in [2.75, 3.05) is 35.0 Å². The largest absolute Gasteiger partial charge is 0.492 e. The predicted molar refractivity (Wildman–Crippen MR) is 220 cm³/mol. The first-order valence-corrected chi connectivity index (χ1v) is 19.6. The maximum absolute atomic E-state index is 13.8. The first-order chi connectivity index (χ1) is 26.5. The summed E-state index contributed by atoms with van der Waals surface area (Å²) in [7, 11) is -2.26. The van der Waals surface area contributed by atoms with Crippen molar-refractivity contribution in [1.29, 1.82) is 0 Å². The summed E-state index contributed by atoms with van der Waals surface area (Å²) >= 11 is 0. The molecule has 2 amide bonds. The third-order valence-electron chi connectivity index (χ3n) is 8.75. The van der Waals surface area contributed by atoms with Gasteiger partial charge in [-0.05, 0) is 65.4 Å². The smallest absolute Gasteiger partial charge is 0.407 e. The molecule has 294 valence electrons. The number of sulfonamides is 1. The Morgan fingerprint density at radius 2 is 1.62 bits per heavy atom. The van der Waals surface area contributed by atoms with E-state index >= 15 is 0 Å². The van der Waals surface area contributed by atoms with Crippen molar-refractivity contribution >= 4 is 44.8 Å². The highest BCUT2D eigenvalue weighted by Gasteiger charge is 2.23. The van der Waals surface area contributed by atoms with E-state index in [-0.39, 0.29) is 41.3 Å². The van der Waals surface area contributed by atoms with Crippen LogP contribution in [0.5, 0.6) is 5.75 Å². The highest BCUT2D eigenvalue weighted by molar-refractivity contribution is 7.92. The maximum Gasteiger partial charge on any atom is 0.407 e. The van der Waals surface area contributed by atoms with Crippen molar-refractivity contribution in [2.45, 2.75) is 46.1 Å². The van der Waals surface area contributed by atoms with Crippen molar-refractivity contribution in [2.24, 2.45) is 11.6 Å². The number of carbonyl (C=O) groups is 2. The van der Waals surface area contributed by atoms with Gasteiger partial charge in [0.1, 0.15) is 6.61 Å². The van der Waals surface area contributed by atoms with Crippen LogP contribution < -0.4 is 36.7 Å². The number of para-hydroxylation sites is 1. The molecule has 5 rings (SSSR count). The fourth-order valence-corrected chi connectivity index (χ4v) is 6.42. The molecule has 7 N–H and O–H groups in total. The number of alkyl carbamates (subject to hydrolysis) is 1. The highest BCUT2D eigenvalue weighted by atomic mass is 32.2. The molecule has 0 aliphatic carbocycles. The van der Waals surface area contributed by atoms with Crippen LogP contribution >= 0.6 is 0 Å². The topological polar surface area (TPSA) is 196 Å². The average molecular weight is 781 g/mol. The monoisotopic (exact) mass is 780 g/mol. The quantitative estimate of drug-likeness (QED) is 0.0638. The Hall–Kier alpha value is -6.32. The Morgan fingerprint density at radius 3 is 2.27 bits per heavy atom. The summed E-state index contributed by atoms with van der Waals surface area (Å²) in [5.41, 5.74) is 12.4. The van der Waals surface area contributed by atoms with Crippen LogP contribution in [0.15, 0.2) is 103 Å². The number of hydrogen-bond acceptors (Lipinski definition) is 10. The molecule has 15 heteroatoms. The average Bonchev–Trinajstić information content (AvgIpc) is 3.57. The molecule has 0 spiro atoms. The first kappa shape index (κ1) is 40.9. The van der Waals surface area contributed by atoms with Crippen LogP contribution in [-0.4, -0.2) is 50.1 Å². The molecule has 0 aliphatic rings. The van der Waals surface area contributed by atoms with Gasteiger partial charge in [0.2, 0.25) is 10.0 Å². The van der Waals surface area contributed by atoms with E-state index in [1.165, 1.54) is 12.1 Å². The maximum atomic E-state index is 13.8. The zero-order chi connectivity index (χ0) is 40.6. The van der Waals surface area contributed by atoms with Gasteiger partial charge in [-0.2, -0.15) is 5.10 Å².